The molecule has 1 fully saturated rings. The first kappa shape index (κ1) is 34.1. The predicted molar refractivity (Wildman–Crippen MR) is 151 cm³/mol. The van der Waals surface area contributed by atoms with Crippen molar-refractivity contribution in [2.75, 3.05) is 6.54 Å². The second kappa shape index (κ2) is 31.0. The van der Waals surface area contributed by atoms with Gasteiger partial charge in [-0.1, -0.05) is 164 Å². The molecular formula is C31H67N. The Morgan fingerprint density at radius 3 is 1.38 bits per heavy atom. The Morgan fingerprint density at radius 1 is 0.594 bits per heavy atom. The Kier molecular flexibility index (Phi) is 33.0. The highest BCUT2D eigenvalue weighted by molar-refractivity contribution is 4.65. The third kappa shape index (κ3) is 28.0. The van der Waals surface area contributed by atoms with Gasteiger partial charge in [0, 0.05) is 6.04 Å². The molecule has 0 amide bonds. The maximum absolute atomic E-state index is 3.80. The van der Waals surface area contributed by atoms with Crippen LogP contribution < -0.4 is 5.32 Å². The lowest BCUT2D eigenvalue weighted by Crippen LogP contribution is -2.29. The molecule has 0 aromatic carbocycles. The minimum atomic E-state index is 0.773. The first-order chi connectivity index (χ1) is 15.7. The lowest BCUT2D eigenvalue weighted by Gasteiger charge is -2.16. The highest BCUT2D eigenvalue weighted by Crippen LogP contribution is 2.23. The van der Waals surface area contributed by atoms with Crippen LogP contribution in [-0.2, 0) is 0 Å². The summed E-state index contributed by atoms with van der Waals surface area (Å²) < 4.78 is 0. The highest BCUT2D eigenvalue weighted by atomic mass is 14.9. The van der Waals surface area contributed by atoms with Crippen molar-refractivity contribution in [3.8, 4) is 0 Å². The molecule has 1 aliphatic carbocycles. The van der Waals surface area contributed by atoms with Crippen molar-refractivity contribution in [2.45, 2.75) is 189 Å². The summed E-state index contributed by atoms with van der Waals surface area (Å²) in [5.74, 6) is 1.05. The van der Waals surface area contributed by atoms with Gasteiger partial charge < -0.3 is 5.32 Å². The largest absolute Gasteiger partial charge is 0.314 e. The smallest absolute Gasteiger partial charge is 0.00644 e. The molecule has 1 heteroatoms. The molecule has 1 rings (SSSR count). The van der Waals surface area contributed by atoms with Crippen LogP contribution >= 0.6 is 0 Å². The molecule has 1 aliphatic rings. The van der Waals surface area contributed by atoms with E-state index in [1.807, 2.05) is 13.8 Å². The Balaban J connectivity index is 0. The quantitative estimate of drug-likeness (QED) is 0.181. The number of hydrogen-bond acceptors (Lipinski definition) is 1. The Hall–Kier alpha value is -0.0400. The molecule has 1 saturated carbocycles. The second-order valence-corrected chi connectivity index (χ2v) is 10.2. The second-order valence-electron chi connectivity index (χ2n) is 10.2. The van der Waals surface area contributed by atoms with Gasteiger partial charge in [-0.05, 0) is 31.7 Å². The summed E-state index contributed by atoms with van der Waals surface area (Å²) in [6, 6.07) is 0.773. The highest BCUT2D eigenvalue weighted by Gasteiger charge is 2.07. The van der Waals surface area contributed by atoms with E-state index in [-0.39, 0.29) is 0 Å². The summed E-state index contributed by atoms with van der Waals surface area (Å²) in [4.78, 5) is 0. The summed E-state index contributed by atoms with van der Waals surface area (Å²) in [6.45, 7) is 14.5. The van der Waals surface area contributed by atoms with Crippen molar-refractivity contribution in [1.82, 2.24) is 5.32 Å². The molecule has 196 valence electrons. The first-order valence-corrected chi connectivity index (χ1v) is 15.5. The van der Waals surface area contributed by atoms with E-state index in [1.165, 1.54) is 148 Å². The normalized spacial score (nSPS) is 14.4. The van der Waals surface area contributed by atoms with Gasteiger partial charge in [-0.3, -0.25) is 0 Å². The maximum atomic E-state index is 3.80. The maximum Gasteiger partial charge on any atom is 0.00644 e. The summed E-state index contributed by atoms with van der Waals surface area (Å²) in [5, 5.41) is 3.80. The van der Waals surface area contributed by atoms with E-state index in [9.17, 15) is 0 Å². The zero-order valence-electron chi connectivity index (χ0n) is 23.9. The van der Waals surface area contributed by atoms with Gasteiger partial charge in [-0.15, -0.1) is 0 Å². The van der Waals surface area contributed by atoms with Gasteiger partial charge in [0.25, 0.3) is 0 Å². The van der Waals surface area contributed by atoms with Gasteiger partial charge >= 0.3 is 0 Å². The van der Waals surface area contributed by atoms with Crippen LogP contribution in [0.25, 0.3) is 0 Å². The number of rotatable bonds is 20. The molecule has 0 saturated heterocycles. The minimum Gasteiger partial charge on any atom is -0.314 e. The topological polar surface area (TPSA) is 12.0 Å². The van der Waals surface area contributed by atoms with E-state index in [0.29, 0.717) is 0 Å². The molecule has 1 unspecified atom stereocenters. The van der Waals surface area contributed by atoms with Crippen LogP contribution in [0.4, 0.5) is 0 Å². The molecule has 0 aromatic heterocycles. The predicted octanol–water partition coefficient (Wildman–Crippen LogP) is 11.2. The van der Waals surface area contributed by atoms with Crippen LogP contribution in [0.2, 0.25) is 0 Å². The van der Waals surface area contributed by atoms with Crippen molar-refractivity contribution in [3.05, 3.63) is 0 Å². The minimum absolute atomic E-state index is 0.773. The van der Waals surface area contributed by atoms with E-state index >= 15 is 0 Å². The molecule has 0 aliphatic heterocycles. The standard InChI is InChI=1S/C23H49N.C6H12.C2H6/c1-4-7-9-11-13-14-15-17-19-21-23(6-3)24-22-20-18-16-12-10-8-5-2;1-6-4-2-3-5-6;1-2/h23-24H,4-22H2,1-3H3;6H,2-5H2,1H3;1-2H3. The van der Waals surface area contributed by atoms with Crippen LogP contribution in [-0.4, -0.2) is 12.6 Å². The summed E-state index contributed by atoms with van der Waals surface area (Å²) in [7, 11) is 0. The monoisotopic (exact) mass is 454 g/mol. The molecule has 0 spiro atoms. The number of nitrogens with one attached hydrogen (secondary N) is 1. The van der Waals surface area contributed by atoms with Crippen molar-refractivity contribution < 1.29 is 0 Å². The average molecular weight is 454 g/mol. The number of unbranched alkanes of at least 4 members (excludes halogenated alkanes) is 14. The average Bonchev–Trinajstić information content (AvgIpc) is 3.31. The molecular weight excluding hydrogens is 386 g/mol. The Morgan fingerprint density at radius 2 is 1.00 bits per heavy atom. The first-order valence-electron chi connectivity index (χ1n) is 15.5. The van der Waals surface area contributed by atoms with E-state index in [0.717, 1.165) is 12.0 Å². The molecule has 0 radical (unpaired) electrons. The van der Waals surface area contributed by atoms with E-state index in [2.05, 4.69) is 33.0 Å². The van der Waals surface area contributed by atoms with Gasteiger partial charge in [0.15, 0.2) is 0 Å². The summed E-state index contributed by atoms with van der Waals surface area (Å²) in [6.07, 6.45) is 31.5. The van der Waals surface area contributed by atoms with Crippen LogP contribution in [0, 0.1) is 5.92 Å². The van der Waals surface area contributed by atoms with E-state index < -0.39 is 0 Å². The van der Waals surface area contributed by atoms with Gasteiger partial charge in [0.2, 0.25) is 0 Å². The fourth-order valence-electron chi connectivity index (χ4n) is 4.67. The van der Waals surface area contributed by atoms with Crippen LogP contribution in [0.15, 0.2) is 0 Å². The molecule has 1 atom stereocenters. The third-order valence-corrected chi connectivity index (χ3v) is 7.01. The zero-order chi connectivity index (χ0) is 24.1. The van der Waals surface area contributed by atoms with Crippen LogP contribution in [0.3, 0.4) is 0 Å². The van der Waals surface area contributed by atoms with Gasteiger partial charge in [-0.2, -0.15) is 0 Å². The van der Waals surface area contributed by atoms with Gasteiger partial charge in [0.1, 0.15) is 0 Å². The Labute approximate surface area is 206 Å². The molecule has 1 nitrogen and oxygen atoms in total. The lowest BCUT2D eigenvalue weighted by atomic mass is 10.0. The molecule has 0 aromatic rings. The van der Waals surface area contributed by atoms with E-state index in [4.69, 9.17) is 0 Å². The van der Waals surface area contributed by atoms with Crippen LogP contribution in [0.1, 0.15) is 183 Å². The molecule has 0 bridgehead atoms. The zero-order valence-corrected chi connectivity index (χ0v) is 23.9. The van der Waals surface area contributed by atoms with Crippen molar-refractivity contribution in [1.29, 1.82) is 0 Å². The van der Waals surface area contributed by atoms with Crippen LogP contribution in [0.5, 0.6) is 0 Å². The number of hydrogen-bond donors (Lipinski definition) is 1. The van der Waals surface area contributed by atoms with Crippen molar-refractivity contribution >= 4 is 0 Å². The van der Waals surface area contributed by atoms with E-state index in [1.54, 1.807) is 0 Å². The van der Waals surface area contributed by atoms with Gasteiger partial charge in [-0.25, -0.2) is 0 Å². The Bertz CT molecular complexity index is 295. The molecule has 1 N–H and O–H groups in total. The lowest BCUT2D eigenvalue weighted by molar-refractivity contribution is 0.432. The molecule has 0 heterocycles. The fraction of sp³-hybridized carbons (Fsp3) is 1.00. The van der Waals surface area contributed by atoms with Crippen molar-refractivity contribution in [2.24, 2.45) is 5.92 Å². The summed E-state index contributed by atoms with van der Waals surface area (Å²) in [5.41, 5.74) is 0. The molecule has 32 heavy (non-hydrogen) atoms. The summed E-state index contributed by atoms with van der Waals surface area (Å²) >= 11 is 0. The van der Waals surface area contributed by atoms with Gasteiger partial charge in [0.05, 0.1) is 0 Å². The third-order valence-electron chi connectivity index (χ3n) is 7.01. The fourth-order valence-corrected chi connectivity index (χ4v) is 4.67. The SMILES string of the molecule is CC.CC1CCCC1.CCCCCCCCCCCC(CC)NCCCCCCCCC. The van der Waals surface area contributed by atoms with Crippen molar-refractivity contribution in [3.63, 3.8) is 0 Å².